The minimum absolute atomic E-state index is 0.550. The molecule has 9 aromatic carbocycles. The zero-order valence-electron chi connectivity index (χ0n) is 35.2. The van der Waals surface area contributed by atoms with Crippen LogP contribution in [0, 0.1) is 12.3 Å². The number of anilines is 3. The van der Waals surface area contributed by atoms with E-state index < -0.39 is 0 Å². The summed E-state index contributed by atoms with van der Waals surface area (Å²) in [6.45, 7) is 1.99. The van der Waals surface area contributed by atoms with Crippen molar-refractivity contribution in [3.63, 3.8) is 0 Å². The van der Waals surface area contributed by atoms with Gasteiger partial charge in [0.05, 0.1) is 0 Å². The summed E-state index contributed by atoms with van der Waals surface area (Å²) in [7, 11) is 0. The number of benzene rings is 9. The van der Waals surface area contributed by atoms with E-state index in [9.17, 15) is 0 Å². The second-order valence-electron chi connectivity index (χ2n) is 15.9. The second-order valence-corrected chi connectivity index (χ2v) is 15.9. The number of terminal acetylenes is 1. The van der Waals surface area contributed by atoms with Crippen molar-refractivity contribution >= 4 is 56.0 Å². The van der Waals surface area contributed by atoms with Gasteiger partial charge in [-0.25, -0.2) is 0 Å². The Morgan fingerprint density at radius 3 is 1.30 bits per heavy atom. The van der Waals surface area contributed by atoms with Gasteiger partial charge in [-0.2, -0.15) is 0 Å². The summed E-state index contributed by atoms with van der Waals surface area (Å²) in [5.74, 6) is 3.27. The summed E-state index contributed by atoms with van der Waals surface area (Å²) >= 11 is 0. The van der Waals surface area contributed by atoms with Crippen LogP contribution in [0.2, 0.25) is 0 Å². The molecule has 2 heterocycles. The first kappa shape index (κ1) is 38.3. The van der Waals surface area contributed by atoms with Crippen molar-refractivity contribution in [3.8, 4) is 68.0 Å². The molecule has 0 saturated carbocycles. The van der Waals surface area contributed by atoms with Crippen LogP contribution in [-0.2, 0) is 0 Å². The van der Waals surface area contributed by atoms with Gasteiger partial charge in [0, 0.05) is 49.9 Å². The molecule has 0 unspecified atom stereocenters. The Hall–Kier alpha value is -8.58. The molecular formula is C61H41NO2. The fourth-order valence-electron chi connectivity index (χ4n) is 8.95. The highest BCUT2D eigenvalue weighted by molar-refractivity contribution is 6.09. The maximum atomic E-state index is 6.35. The quantitative estimate of drug-likeness (QED) is 0.136. The zero-order chi connectivity index (χ0) is 43.0. The minimum Gasteiger partial charge on any atom is -0.455 e. The van der Waals surface area contributed by atoms with Crippen molar-refractivity contribution in [2.24, 2.45) is 0 Å². The van der Waals surface area contributed by atoms with E-state index >= 15 is 0 Å². The summed E-state index contributed by atoms with van der Waals surface area (Å²) in [5.41, 5.74) is 18.0. The van der Waals surface area contributed by atoms with Crippen LogP contribution < -0.4 is 4.90 Å². The van der Waals surface area contributed by atoms with Crippen LogP contribution in [0.1, 0.15) is 18.2 Å². The maximum Gasteiger partial charge on any atom is 0.185 e. The molecular weight excluding hydrogens is 779 g/mol. The third-order valence-electron chi connectivity index (χ3n) is 12.2. The highest BCUT2D eigenvalue weighted by atomic mass is 16.3. The first-order valence-corrected chi connectivity index (χ1v) is 21.6. The highest BCUT2D eigenvalue weighted by Crippen LogP contribution is 2.40. The lowest BCUT2D eigenvalue weighted by Gasteiger charge is -2.26. The molecule has 0 aliphatic carbocycles. The number of fused-ring (bicyclic) bond motifs is 4. The topological polar surface area (TPSA) is 29.5 Å². The number of para-hydroxylation sites is 3. The first-order valence-electron chi connectivity index (χ1n) is 21.6. The molecule has 0 aliphatic heterocycles. The van der Waals surface area contributed by atoms with Gasteiger partial charge in [-0.05, 0) is 99.8 Å². The van der Waals surface area contributed by atoms with Gasteiger partial charge in [0.25, 0.3) is 0 Å². The van der Waals surface area contributed by atoms with Gasteiger partial charge in [-0.15, -0.1) is 6.42 Å². The van der Waals surface area contributed by atoms with Crippen LogP contribution in [0.3, 0.4) is 0 Å². The molecule has 0 amide bonds. The van der Waals surface area contributed by atoms with Crippen molar-refractivity contribution in [2.45, 2.75) is 6.92 Å². The van der Waals surface area contributed by atoms with E-state index in [0.717, 1.165) is 100 Å². The normalized spacial score (nSPS) is 11.4. The third kappa shape index (κ3) is 6.94. The average molecular weight is 820 g/mol. The maximum absolute atomic E-state index is 6.35. The van der Waals surface area contributed by atoms with Crippen molar-refractivity contribution in [1.29, 1.82) is 0 Å². The highest BCUT2D eigenvalue weighted by Gasteiger charge is 2.17. The van der Waals surface area contributed by atoms with Crippen molar-refractivity contribution in [1.82, 2.24) is 0 Å². The van der Waals surface area contributed by atoms with Gasteiger partial charge < -0.3 is 13.7 Å². The molecule has 302 valence electrons. The molecule has 64 heavy (non-hydrogen) atoms. The standard InChI is InChI=1S/C61H41NO2/c1-3-12-54-56-18-10-16-52(60(56)63-58(54)4-2)47-25-21-42(22-26-47)45-31-37-50(38-32-45)62(49-35-29-44(30-36-49)41-13-6-5-7-14-41)51-39-33-46(34-40-51)43-23-27-48(28-24-43)53-17-11-19-57-55-15-8-9-20-59(55)64-61(53)57/h2-3,5-40H,1H3/b12-3-. The predicted octanol–water partition coefficient (Wildman–Crippen LogP) is 17.2. The fourth-order valence-corrected chi connectivity index (χ4v) is 8.95. The molecule has 3 nitrogen and oxygen atoms in total. The molecule has 0 N–H and O–H groups in total. The number of hydrogen-bond donors (Lipinski definition) is 0. The smallest absolute Gasteiger partial charge is 0.185 e. The van der Waals surface area contributed by atoms with E-state index in [4.69, 9.17) is 15.3 Å². The molecule has 3 heteroatoms. The summed E-state index contributed by atoms with van der Waals surface area (Å²) in [5, 5.41) is 3.29. The molecule has 0 radical (unpaired) electrons. The van der Waals surface area contributed by atoms with E-state index in [0.29, 0.717) is 5.76 Å². The number of rotatable bonds is 9. The third-order valence-corrected chi connectivity index (χ3v) is 12.2. The van der Waals surface area contributed by atoms with Gasteiger partial charge in [0.1, 0.15) is 16.7 Å². The molecule has 0 atom stereocenters. The molecule has 11 rings (SSSR count). The van der Waals surface area contributed by atoms with Crippen molar-refractivity contribution < 1.29 is 8.83 Å². The molecule has 0 bridgehead atoms. The van der Waals surface area contributed by atoms with Gasteiger partial charge in [-0.3, -0.25) is 0 Å². The largest absolute Gasteiger partial charge is 0.455 e. The van der Waals surface area contributed by atoms with Crippen LogP contribution in [0.15, 0.2) is 227 Å². The van der Waals surface area contributed by atoms with Crippen LogP contribution in [-0.4, -0.2) is 0 Å². The van der Waals surface area contributed by atoms with Crippen LogP contribution in [0.5, 0.6) is 0 Å². The van der Waals surface area contributed by atoms with E-state index in [1.54, 1.807) is 0 Å². The van der Waals surface area contributed by atoms with Gasteiger partial charge in [-0.1, -0.05) is 182 Å². The summed E-state index contributed by atoms with van der Waals surface area (Å²) in [4.78, 5) is 2.32. The van der Waals surface area contributed by atoms with Crippen LogP contribution >= 0.6 is 0 Å². The van der Waals surface area contributed by atoms with Gasteiger partial charge in [0.2, 0.25) is 0 Å². The Morgan fingerprint density at radius 2 is 0.797 bits per heavy atom. The van der Waals surface area contributed by atoms with Gasteiger partial charge >= 0.3 is 0 Å². The number of nitrogens with zero attached hydrogens (tertiary/aromatic N) is 1. The first-order chi connectivity index (χ1) is 31.6. The molecule has 0 saturated heterocycles. The summed E-state index contributed by atoms with van der Waals surface area (Å²) in [6.07, 6.45) is 9.83. The van der Waals surface area contributed by atoms with Crippen LogP contribution in [0.4, 0.5) is 17.1 Å². The zero-order valence-corrected chi connectivity index (χ0v) is 35.2. The number of hydrogen-bond acceptors (Lipinski definition) is 3. The van der Waals surface area contributed by atoms with E-state index in [2.05, 4.69) is 211 Å². The van der Waals surface area contributed by atoms with Gasteiger partial charge in [0.15, 0.2) is 5.76 Å². The van der Waals surface area contributed by atoms with E-state index in [-0.39, 0.29) is 0 Å². The Labute approximate surface area is 372 Å². The minimum atomic E-state index is 0.550. The lowest BCUT2D eigenvalue weighted by atomic mass is 9.98. The Morgan fingerprint density at radius 1 is 0.391 bits per heavy atom. The predicted molar refractivity (Wildman–Crippen MR) is 268 cm³/mol. The van der Waals surface area contributed by atoms with E-state index in [1.807, 2.05) is 31.2 Å². The molecule has 2 aromatic heterocycles. The number of furan rings is 2. The number of allylic oxidation sites excluding steroid dienone is 1. The average Bonchev–Trinajstić information content (AvgIpc) is 3.93. The van der Waals surface area contributed by atoms with Crippen LogP contribution in [0.25, 0.3) is 94.6 Å². The molecule has 0 spiro atoms. The monoisotopic (exact) mass is 819 g/mol. The molecule has 11 aromatic rings. The Bertz CT molecular complexity index is 3510. The summed E-state index contributed by atoms with van der Waals surface area (Å²) in [6, 6.07) is 75.2. The van der Waals surface area contributed by atoms with Crippen molar-refractivity contribution in [2.75, 3.05) is 4.90 Å². The lowest BCUT2D eigenvalue weighted by molar-refractivity contribution is 0.601. The fraction of sp³-hybridized carbons (Fsp3) is 0.0164. The Kier molecular flexibility index (Phi) is 9.81. The van der Waals surface area contributed by atoms with Crippen molar-refractivity contribution in [3.05, 3.63) is 230 Å². The molecule has 0 aliphatic rings. The SMILES string of the molecule is C#Cc1oc2c(-c3ccc(-c4ccc(N(c5ccc(-c6ccccc6)cc5)c5ccc(-c6ccc(-c7cccc8c7oc7ccccc78)cc6)cc5)cc4)cc3)cccc2c1/C=C\C. The lowest BCUT2D eigenvalue weighted by Crippen LogP contribution is -2.09. The van der Waals surface area contributed by atoms with E-state index in [1.165, 1.54) is 11.1 Å². The molecule has 0 fully saturated rings. The Balaban J connectivity index is 0.893. The second kappa shape index (κ2) is 16.4. The summed E-state index contributed by atoms with van der Waals surface area (Å²) < 4.78 is 12.6.